The molecular formula is C20H19FN2O3. The molecular weight excluding hydrogens is 335 g/mol. The number of carbonyl (C=O) groups is 1. The van der Waals surface area contributed by atoms with Gasteiger partial charge in [-0.3, -0.25) is 4.79 Å². The minimum Gasteiger partial charge on any atom is -0.388 e. The van der Waals surface area contributed by atoms with Crippen LogP contribution < -0.4 is 0 Å². The lowest BCUT2D eigenvalue weighted by Gasteiger charge is -2.29. The first-order chi connectivity index (χ1) is 12.5. The third kappa shape index (κ3) is 3.45. The van der Waals surface area contributed by atoms with Gasteiger partial charge in [-0.1, -0.05) is 18.2 Å². The number of nitrogens with zero attached hydrogens (tertiary/aromatic N) is 2. The highest BCUT2D eigenvalue weighted by atomic mass is 19.1. The second-order valence-electron chi connectivity index (χ2n) is 6.15. The fraction of sp³-hybridized carbons (Fsp3) is 0.300. The number of nitriles is 1. The van der Waals surface area contributed by atoms with Gasteiger partial charge >= 0.3 is 0 Å². The monoisotopic (exact) mass is 354 g/mol. The molecule has 3 rings (SSSR count). The molecule has 0 saturated carbocycles. The Morgan fingerprint density at radius 1 is 1.31 bits per heavy atom. The fourth-order valence-corrected chi connectivity index (χ4v) is 3.15. The summed E-state index contributed by atoms with van der Waals surface area (Å²) in [4.78, 5) is 14.5. The van der Waals surface area contributed by atoms with E-state index in [1.807, 2.05) is 13.0 Å². The maximum Gasteiger partial charge on any atom is 0.254 e. The summed E-state index contributed by atoms with van der Waals surface area (Å²) in [6.45, 7) is 2.83. The zero-order valence-electron chi connectivity index (χ0n) is 14.4. The molecule has 1 fully saturated rings. The molecule has 1 heterocycles. The van der Waals surface area contributed by atoms with Gasteiger partial charge in [0.05, 0.1) is 30.9 Å². The molecule has 2 aromatic rings. The van der Waals surface area contributed by atoms with E-state index >= 15 is 0 Å². The van der Waals surface area contributed by atoms with Gasteiger partial charge in [-0.25, -0.2) is 4.39 Å². The number of amides is 1. The summed E-state index contributed by atoms with van der Waals surface area (Å²) in [6.07, 6.45) is -0.697. The van der Waals surface area contributed by atoms with Gasteiger partial charge in [0.25, 0.3) is 5.91 Å². The quantitative estimate of drug-likeness (QED) is 0.916. The molecule has 0 radical (unpaired) electrons. The predicted molar refractivity (Wildman–Crippen MR) is 93.9 cm³/mol. The predicted octanol–water partition coefficient (Wildman–Crippen LogP) is 2.59. The average Bonchev–Trinajstić information content (AvgIpc) is 3.08. The van der Waals surface area contributed by atoms with Crippen molar-refractivity contribution in [2.45, 2.75) is 19.1 Å². The third-order valence-electron chi connectivity index (χ3n) is 4.55. The van der Waals surface area contributed by atoms with Gasteiger partial charge in [0.1, 0.15) is 11.9 Å². The molecule has 1 N–H and O–H groups in total. The van der Waals surface area contributed by atoms with Crippen LogP contribution in [0, 0.1) is 17.1 Å². The van der Waals surface area contributed by atoms with Crippen LogP contribution in [0.2, 0.25) is 0 Å². The first kappa shape index (κ1) is 18.1. The van der Waals surface area contributed by atoms with Crippen molar-refractivity contribution in [2.24, 2.45) is 0 Å². The molecule has 0 bridgehead atoms. The van der Waals surface area contributed by atoms with E-state index in [0.29, 0.717) is 29.8 Å². The summed E-state index contributed by atoms with van der Waals surface area (Å²) in [5, 5.41) is 19.0. The zero-order chi connectivity index (χ0) is 18.7. The fourth-order valence-electron chi connectivity index (χ4n) is 3.15. The van der Waals surface area contributed by atoms with Crippen LogP contribution in [0.25, 0.3) is 11.1 Å². The van der Waals surface area contributed by atoms with E-state index in [4.69, 9.17) is 10.00 Å². The van der Waals surface area contributed by atoms with Gasteiger partial charge in [0.2, 0.25) is 0 Å². The van der Waals surface area contributed by atoms with Crippen LogP contribution in [0.1, 0.15) is 22.8 Å². The number of halogens is 1. The number of aliphatic hydroxyl groups excluding tert-OH is 1. The Morgan fingerprint density at radius 2 is 2.08 bits per heavy atom. The first-order valence-electron chi connectivity index (χ1n) is 8.42. The molecule has 6 heteroatoms. The maximum absolute atomic E-state index is 13.5. The van der Waals surface area contributed by atoms with Gasteiger partial charge < -0.3 is 14.7 Å². The smallest absolute Gasteiger partial charge is 0.254 e. The number of likely N-dealkylation sites (N-methyl/N-ethyl adjacent to an activating group) is 1. The lowest BCUT2D eigenvalue weighted by Crippen LogP contribution is -2.46. The highest BCUT2D eigenvalue weighted by Crippen LogP contribution is 2.24. The van der Waals surface area contributed by atoms with E-state index < -0.39 is 11.9 Å². The number of hydrogen-bond acceptors (Lipinski definition) is 4. The molecule has 0 aliphatic carbocycles. The molecule has 134 valence electrons. The van der Waals surface area contributed by atoms with E-state index in [9.17, 15) is 14.3 Å². The maximum atomic E-state index is 13.5. The van der Waals surface area contributed by atoms with Crippen molar-refractivity contribution in [3.63, 3.8) is 0 Å². The number of ether oxygens (including phenoxy) is 1. The standard InChI is InChI=1S/C20H19FN2O3/c1-2-23(18-11-26-12-19(18)24)20(25)15-5-3-4-13(8-15)14-6-7-17(21)16(9-14)10-22/h3-9,18-19,24H,2,11-12H2,1H3/t18-,19-/m0/s1. The van der Waals surface area contributed by atoms with Crippen molar-refractivity contribution >= 4 is 5.91 Å². The van der Waals surface area contributed by atoms with Crippen molar-refractivity contribution in [3.05, 3.63) is 59.4 Å². The number of aliphatic hydroxyl groups is 1. The largest absolute Gasteiger partial charge is 0.388 e. The number of hydrogen-bond donors (Lipinski definition) is 1. The van der Waals surface area contributed by atoms with Crippen molar-refractivity contribution in [3.8, 4) is 17.2 Å². The zero-order valence-corrected chi connectivity index (χ0v) is 14.4. The number of rotatable bonds is 4. The van der Waals surface area contributed by atoms with E-state index in [1.54, 1.807) is 35.2 Å². The van der Waals surface area contributed by atoms with Gasteiger partial charge in [-0.2, -0.15) is 5.26 Å². The van der Waals surface area contributed by atoms with Crippen molar-refractivity contribution < 1.29 is 19.0 Å². The van der Waals surface area contributed by atoms with E-state index in [0.717, 1.165) is 0 Å². The van der Waals surface area contributed by atoms with Crippen molar-refractivity contribution in [1.29, 1.82) is 5.26 Å². The number of carbonyl (C=O) groups excluding carboxylic acids is 1. The molecule has 1 aliphatic rings. The minimum atomic E-state index is -0.697. The average molecular weight is 354 g/mol. The van der Waals surface area contributed by atoms with E-state index in [1.165, 1.54) is 12.1 Å². The molecule has 0 aromatic heterocycles. The molecule has 1 amide bonds. The van der Waals surface area contributed by atoms with Gasteiger partial charge in [0.15, 0.2) is 0 Å². The van der Waals surface area contributed by atoms with Crippen LogP contribution in [0.5, 0.6) is 0 Å². The Bertz CT molecular complexity index is 862. The molecule has 26 heavy (non-hydrogen) atoms. The van der Waals surface area contributed by atoms with Gasteiger partial charge in [-0.15, -0.1) is 0 Å². The van der Waals surface area contributed by atoms with Crippen LogP contribution in [-0.4, -0.2) is 47.8 Å². The van der Waals surface area contributed by atoms with Gasteiger partial charge in [0, 0.05) is 12.1 Å². The Hall–Kier alpha value is -2.75. The summed E-state index contributed by atoms with van der Waals surface area (Å²) in [7, 11) is 0. The highest BCUT2D eigenvalue weighted by molar-refractivity contribution is 5.95. The molecule has 1 saturated heterocycles. The van der Waals surface area contributed by atoms with E-state index in [-0.39, 0.29) is 24.1 Å². The van der Waals surface area contributed by atoms with Crippen molar-refractivity contribution in [1.82, 2.24) is 4.90 Å². The number of benzene rings is 2. The minimum absolute atomic E-state index is 0.0411. The normalized spacial score (nSPS) is 19.2. The lowest BCUT2D eigenvalue weighted by molar-refractivity contribution is 0.0520. The second-order valence-corrected chi connectivity index (χ2v) is 6.15. The van der Waals surface area contributed by atoms with Crippen LogP contribution >= 0.6 is 0 Å². The topological polar surface area (TPSA) is 73.6 Å². The first-order valence-corrected chi connectivity index (χ1v) is 8.42. The molecule has 0 spiro atoms. The summed E-state index contributed by atoms with van der Waals surface area (Å²) in [5.74, 6) is -0.776. The Kier molecular flexibility index (Phi) is 5.31. The SMILES string of the molecule is CCN(C(=O)c1cccc(-c2ccc(F)c(C#N)c2)c1)[C@H]1COC[C@@H]1O. The van der Waals surface area contributed by atoms with Gasteiger partial charge in [-0.05, 0) is 42.3 Å². The molecule has 2 aromatic carbocycles. The van der Waals surface area contributed by atoms with E-state index in [2.05, 4.69) is 0 Å². The molecule has 1 aliphatic heterocycles. The van der Waals surface area contributed by atoms with Crippen LogP contribution in [0.3, 0.4) is 0 Å². The van der Waals surface area contributed by atoms with Crippen LogP contribution in [0.15, 0.2) is 42.5 Å². The molecule has 2 atom stereocenters. The molecule has 5 nitrogen and oxygen atoms in total. The second kappa shape index (κ2) is 7.65. The lowest BCUT2D eigenvalue weighted by atomic mass is 10.00. The summed E-state index contributed by atoms with van der Waals surface area (Å²) in [5.41, 5.74) is 1.79. The Balaban J connectivity index is 1.91. The molecule has 0 unspecified atom stereocenters. The van der Waals surface area contributed by atoms with Crippen LogP contribution in [0.4, 0.5) is 4.39 Å². The highest BCUT2D eigenvalue weighted by Gasteiger charge is 2.34. The summed E-state index contributed by atoms with van der Waals surface area (Å²) >= 11 is 0. The van der Waals surface area contributed by atoms with Crippen molar-refractivity contribution in [2.75, 3.05) is 19.8 Å². The van der Waals surface area contributed by atoms with Crippen LogP contribution in [-0.2, 0) is 4.74 Å². The Labute approximate surface area is 151 Å². The summed E-state index contributed by atoms with van der Waals surface area (Å²) in [6, 6.07) is 12.7. The Morgan fingerprint density at radius 3 is 2.73 bits per heavy atom. The summed E-state index contributed by atoms with van der Waals surface area (Å²) < 4.78 is 18.8. The third-order valence-corrected chi connectivity index (χ3v) is 4.55.